The average molecular weight is 225 g/mol. The molecule has 15 heavy (non-hydrogen) atoms. The van der Waals surface area contributed by atoms with Crippen LogP contribution in [0.1, 0.15) is 41.9 Å². The molecule has 0 aliphatic carbocycles. The fourth-order valence-electron chi connectivity index (χ4n) is 1.37. The summed E-state index contributed by atoms with van der Waals surface area (Å²) in [6.45, 7) is 7.18. The van der Waals surface area contributed by atoms with E-state index in [4.69, 9.17) is 0 Å². The van der Waals surface area contributed by atoms with Gasteiger partial charge < -0.3 is 5.32 Å². The van der Waals surface area contributed by atoms with Crippen LogP contribution in [0.5, 0.6) is 0 Å². The third kappa shape index (κ3) is 4.58. The third-order valence-electron chi connectivity index (χ3n) is 2.19. The number of ketones is 1. The summed E-state index contributed by atoms with van der Waals surface area (Å²) in [5.74, 6) is 0.268. The highest BCUT2D eigenvalue weighted by Crippen LogP contribution is 2.15. The number of rotatable bonds is 6. The van der Waals surface area contributed by atoms with Crippen molar-refractivity contribution in [2.75, 3.05) is 6.54 Å². The number of nitrogens with one attached hydrogen (secondary N) is 1. The lowest BCUT2D eigenvalue weighted by molar-refractivity contribution is 0.0980. The van der Waals surface area contributed by atoms with E-state index < -0.39 is 0 Å². The maximum atomic E-state index is 11.7. The molecule has 1 aromatic rings. The van der Waals surface area contributed by atoms with Gasteiger partial charge in [-0.1, -0.05) is 13.8 Å². The molecule has 1 N–H and O–H groups in total. The van der Waals surface area contributed by atoms with Gasteiger partial charge in [-0.05, 0) is 26.0 Å². The maximum Gasteiger partial charge on any atom is 0.163 e. The van der Waals surface area contributed by atoms with Crippen molar-refractivity contribution in [2.45, 2.75) is 39.7 Å². The minimum atomic E-state index is 0.268. The van der Waals surface area contributed by atoms with E-state index in [1.807, 2.05) is 18.4 Å². The van der Waals surface area contributed by atoms with Crippen LogP contribution >= 0.6 is 11.3 Å². The second-order valence-corrected chi connectivity index (χ2v) is 5.20. The van der Waals surface area contributed by atoms with Crippen LogP contribution in [-0.2, 0) is 0 Å². The molecular weight excluding hydrogens is 206 g/mol. The van der Waals surface area contributed by atoms with Crippen molar-refractivity contribution in [2.24, 2.45) is 0 Å². The van der Waals surface area contributed by atoms with Gasteiger partial charge in [0.15, 0.2) is 5.78 Å². The molecule has 0 saturated carbocycles. The SMILES string of the molecule is Cc1cc(C(=O)CCCNC(C)C)cs1. The van der Waals surface area contributed by atoms with Crippen LogP contribution in [0, 0.1) is 6.92 Å². The molecule has 0 unspecified atom stereocenters. The summed E-state index contributed by atoms with van der Waals surface area (Å²) in [5.41, 5.74) is 0.877. The quantitative estimate of drug-likeness (QED) is 0.595. The summed E-state index contributed by atoms with van der Waals surface area (Å²) in [7, 11) is 0. The fourth-order valence-corrected chi connectivity index (χ4v) is 2.08. The van der Waals surface area contributed by atoms with Crippen LogP contribution in [0.2, 0.25) is 0 Å². The van der Waals surface area contributed by atoms with Crippen LogP contribution in [0.4, 0.5) is 0 Å². The van der Waals surface area contributed by atoms with Gasteiger partial charge in [0, 0.05) is 28.3 Å². The molecule has 0 amide bonds. The van der Waals surface area contributed by atoms with Gasteiger partial charge in [-0.3, -0.25) is 4.79 Å². The van der Waals surface area contributed by atoms with E-state index in [0.29, 0.717) is 12.5 Å². The van der Waals surface area contributed by atoms with Gasteiger partial charge in [0.1, 0.15) is 0 Å². The van der Waals surface area contributed by atoms with Gasteiger partial charge in [-0.15, -0.1) is 11.3 Å². The molecule has 0 saturated heterocycles. The molecule has 0 aromatic carbocycles. The predicted octanol–water partition coefficient (Wildman–Crippen LogP) is 3.02. The average Bonchev–Trinajstić information content (AvgIpc) is 2.59. The van der Waals surface area contributed by atoms with Crippen molar-refractivity contribution >= 4 is 17.1 Å². The molecule has 0 radical (unpaired) electrons. The number of hydrogen-bond acceptors (Lipinski definition) is 3. The highest BCUT2D eigenvalue weighted by atomic mass is 32.1. The van der Waals surface area contributed by atoms with E-state index in [-0.39, 0.29) is 5.78 Å². The largest absolute Gasteiger partial charge is 0.315 e. The smallest absolute Gasteiger partial charge is 0.163 e. The summed E-state index contributed by atoms with van der Waals surface area (Å²) in [6.07, 6.45) is 1.57. The summed E-state index contributed by atoms with van der Waals surface area (Å²) < 4.78 is 0. The van der Waals surface area contributed by atoms with Crippen molar-refractivity contribution in [3.63, 3.8) is 0 Å². The number of Topliss-reactive ketones (excluding diaryl/α,β-unsaturated/α-hetero) is 1. The highest BCUT2D eigenvalue weighted by Gasteiger charge is 2.06. The highest BCUT2D eigenvalue weighted by molar-refractivity contribution is 7.10. The first-order valence-electron chi connectivity index (χ1n) is 5.41. The Morgan fingerprint density at radius 2 is 2.27 bits per heavy atom. The van der Waals surface area contributed by atoms with Crippen LogP contribution in [-0.4, -0.2) is 18.4 Å². The van der Waals surface area contributed by atoms with Gasteiger partial charge in [0.05, 0.1) is 0 Å². The summed E-state index contributed by atoms with van der Waals surface area (Å²) in [4.78, 5) is 12.9. The van der Waals surface area contributed by atoms with Crippen molar-refractivity contribution in [1.29, 1.82) is 0 Å². The lowest BCUT2D eigenvalue weighted by atomic mass is 10.1. The molecule has 0 aliphatic heterocycles. The third-order valence-corrected chi connectivity index (χ3v) is 3.05. The number of thiophene rings is 1. The Morgan fingerprint density at radius 1 is 1.53 bits per heavy atom. The van der Waals surface area contributed by atoms with Gasteiger partial charge in [0.2, 0.25) is 0 Å². The Bertz CT molecular complexity index is 317. The molecule has 1 heterocycles. The molecule has 1 rings (SSSR count). The molecule has 0 spiro atoms. The van der Waals surface area contributed by atoms with E-state index in [1.165, 1.54) is 4.88 Å². The molecule has 2 nitrogen and oxygen atoms in total. The van der Waals surface area contributed by atoms with E-state index in [1.54, 1.807) is 11.3 Å². The number of hydrogen-bond donors (Lipinski definition) is 1. The van der Waals surface area contributed by atoms with Crippen molar-refractivity contribution in [3.8, 4) is 0 Å². The Kier molecular flexibility index (Phi) is 4.99. The molecule has 0 fully saturated rings. The van der Waals surface area contributed by atoms with E-state index >= 15 is 0 Å². The van der Waals surface area contributed by atoms with Crippen LogP contribution in [0.3, 0.4) is 0 Å². The minimum absolute atomic E-state index is 0.268. The first-order valence-corrected chi connectivity index (χ1v) is 6.29. The summed E-state index contributed by atoms with van der Waals surface area (Å²) in [6, 6.07) is 2.48. The summed E-state index contributed by atoms with van der Waals surface area (Å²) >= 11 is 1.64. The molecule has 3 heteroatoms. The molecule has 84 valence electrons. The minimum Gasteiger partial charge on any atom is -0.315 e. The van der Waals surface area contributed by atoms with Gasteiger partial charge in [-0.25, -0.2) is 0 Å². The first-order chi connectivity index (χ1) is 7.09. The Balaban J connectivity index is 2.25. The van der Waals surface area contributed by atoms with Gasteiger partial charge in [-0.2, -0.15) is 0 Å². The van der Waals surface area contributed by atoms with Crippen LogP contribution < -0.4 is 5.32 Å². The van der Waals surface area contributed by atoms with E-state index in [2.05, 4.69) is 19.2 Å². The Hall–Kier alpha value is -0.670. The molecule has 0 aliphatic rings. The molecule has 1 aromatic heterocycles. The maximum absolute atomic E-state index is 11.7. The predicted molar refractivity (Wildman–Crippen MR) is 65.8 cm³/mol. The standard InChI is InChI=1S/C12H19NOS/c1-9(2)13-6-4-5-12(14)11-7-10(3)15-8-11/h7-9,13H,4-6H2,1-3H3. The normalized spacial score (nSPS) is 10.9. The Morgan fingerprint density at radius 3 is 2.80 bits per heavy atom. The Labute approximate surface area is 95.7 Å². The number of carbonyl (C=O) groups is 1. The van der Waals surface area contributed by atoms with Crippen LogP contribution in [0.25, 0.3) is 0 Å². The number of aryl methyl sites for hydroxylation is 1. The first kappa shape index (κ1) is 12.4. The molecule has 0 bridgehead atoms. The van der Waals surface area contributed by atoms with Gasteiger partial charge >= 0.3 is 0 Å². The van der Waals surface area contributed by atoms with E-state index in [9.17, 15) is 4.79 Å². The van der Waals surface area contributed by atoms with Crippen LogP contribution in [0.15, 0.2) is 11.4 Å². The zero-order valence-corrected chi connectivity index (χ0v) is 10.5. The molecular formula is C12H19NOS. The lowest BCUT2D eigenvalue weighted by Gasteiger charge is -2.06. The zero-order chi connectivity index (χ0) is 11.3. The summed E-state index contributed by atoms with van der Waals surface area (Å²) in [5, 5.41) is 5.26. The van der Waals surface area contributed by atoms with Gasteiger partial charge in [0.25, 0.3) is 0 Å². The topological polar surface area (TPSA) is 29.1 Å². The monoisotopic (exact) mass is 225 g/mol. The second-order valence-electron chi connectivity index (χ2n) is 4.08. The van der Waals surface area contributed by atoms with Crippen molar-refractivity contribution in [1.82, 2.24) is 5.32 Å². The number of carbonyl (C=O) groups excluding carboxylic acids is 1. The zero-order valence-electron chi connectivity index (χ0n) is 9.67. The second kappa shape index (κ2) is 6.03. The molecule has 0 atom stereocenters. The van der Waals surface area contributed by atoms with Crippen molar-refractivity contribution in [3.05, 3.63) is 21.9 Å². The lowest BCUT2D eigenvalue weighted by Crippen LogP contribution is -2.24. The van der Waals surface area contributed by atoms with E-state index in [0.717, 1.165) is 18.5 Å². The fraction of sp³-hybridized carbons (Fsp3) is 0.583. The van der Waals surface area contributed by atoms with Crippen molar-refractivity contribution < 1.29 is 4.79 Å².